The van der Waals surface area contributed by atoms with Gasteiger partial charge in [-0.1, -0.05) is 50.6 Å². The molecule has 0 heterocycles. The average molecular weight is 262 g/mol. The van der Waals surface area contributed by atoms with Crippen molar-refractivity contribution in [3.8, 4) is 0 Å². The molecule has 0 aliphatic heterocycles. The van der Waals surface area contributed by atoms with Gasteiger partial charge in [-0.2, -0.15) is 0 Å². The molecule has 2 heteroatoms. The molecular weight excluding hydrogens is 232 g/mol. The fourth-order valence-corrected chi connectivity index (χ4v) is 2.42. The molecule has 1 aromatic rings. The van der Waals surface area contributed by atoms with Gasteiger partial charge < -0.3 is 5.73 Å². The lowest BCUT2D eigenvalue weighted by atomic mass is 9.95. The quantitative estimate of drug-likeness (QED) is 0.811. The summed E-state index contributed by atoms with van der Waals surface area (Å²) in [6.45, 7) is 9.94. The lowest BCUT2D eigenvalue weighted by molar-refractivity contribution is 0.199. The van der Waals surface area contributed by atoms with E-state index in [0.717, 1.165) is 18.9 Å². The summed E-state index contributed by atoms with van der Waals surface area (Å²) in [5.41, 5.74) is 9.00. The zero-order valence-corrected chi connectivity index (χ0v) is 13.2. The maximum atomic E-state index is 6.35. The van der Waals surface area contributed by atoms with Crippen LogP contribution in [0, 0.1) is 12.8 Å². The fraction of sp³-hybridized carbons (Fsp3) is 0.647. The highest BCUT2D eigenvalue weighted by atomic mass is 15.1. The predicted molar refractivity (Wildman–Crippen MR) is 84.3 cm³/mol. The van der Waals surface area contributed by atoms with Crippen molar-refractivity contribution in [1.82, 2.24) is 4.90 Å². The van der Waals surface area contributed by atoms with Crippen molar-refractivity contribution in [2.24, 2.45) is 11.7 Å². The first-order chi connectivity index (χ1) is 8.95. The number of nitrogens with zero attached hydrogens (tertiary/aromatic N) is 1. The Balaban J connectivity index is 2.85. The largest absolute Gasteiger partial charge is 0.326 e. The molecule has 0 saturated heterocycles. The monoisotopic (exact) mass is 262 g/mol. The first-order valence-electron chi connectivity index (χ1n) is 7.48. The summed E-state index contributed by atoms with van der Waals surface area (Å²) < 4.78 is 0. The van der Waals surface area contributed by atoms with E-state index in [1.54, 1.807) is 0 Å². The molecule has 0 aliphatic carbocycles. The normalized spacial score (nSPS) is 14.9. The maximum Gasteiger partial charge on any atom is 0.0496 e. The lowest BCUT2D eigenvalue weighted by Crippen LogP contribution is -2.39. The Kier molecular flexibility index (Phi) is 6.53. The van der Waals surface area contributed by atoms with E-state index in [0.29, 0.717) is 6.04 Å². The Hall–Kier alpha value is -0.860. The van der Waals surface area contributed by atoms with Crippen LogP contribution in [-0.4, -0.2) is 24.5 Å². The third kappa shape index (κ3) is 4.96. The molecule has 0 spiro atoms. The molecule has 1 aromatic carbocycles. The van der Waals surface area contributed by atoms with E-state index in [-0.39, 0.29) is 6.04 Å². The first-order valence-corrected chi connectivity index (χ1v) is 7.48. The molecule has 2 nitrogen and oxygen atoms in total. The zero-order chi connectivity index (χ0) is 14.4. The summed E-state index contributed by atoms with van der Waals surface area (Å²) in [5, 5.41) is 0. The van der Waals surface area contributed by atoms with Gasteiger partial charge in [0.05, 0.1) is 0 Å². The topological polar surface area (TPSA) is 29.3 Å². The number of rotatable bonds is 7. The van der Waals surface area contributed by atoms with Crippen LogP contribution < -0.4 is 5.73 Å². The minimum atomic E-state index is 0.194. The van der Waals surface area contributed by atoms with Crippen LogP contribution in [-0.2, 0) is 0 Å². The standard InChI is InChI=1S/C17H30N2/c1-6-16(18)17(19(5)12-11-13(2)3)15-9-7-14(4)8-10-15/h7-10,13,16-17H,6,11-12,18H2,1-5H3. The number of aryl methyl sites for hydroxylation is 1. The molecule has 0 aromatic heterocycles. The number of likely N-dealkylation sites (N-methyl/N-ethyl adjacent to an activating group) is 1. The van der Waals surface area contributed by atoms with E-state index in [1.165, 1.54) is 17.5 Å². The Morgan fingerprint density at radius 3 is 2.21 bits per heavy atom. The number of benzene rings is 1. The molecule has 0 bridgehead atoms. The van der Waals surface area contributed by atoms with Crippen molar-refractivity contribution in [2.45, 2.75) is 52.6 Å². The van der Waals surface area contributed by atoms with Gasteiger partial charge in [0.25, 0.3) is 0 Å². The number of hydrogen-bond donors (Lipinski definition) is 1. The summed E-state index contributed by atoms with van der Waals surface area (Å²) in [5.74, 6) is 0.735. The molecule has 2 N–H and O–H groups in total. The molecule has 2 atom stereocenters. The second-order valence-electron chi connectivity index (χ2n) is 6.09. The third-order valence-electron chi connectivity index (χ3n) is 3.83. The van der Waals surface area contributed by atoms with Gasteiger partial charge in [0.2, 0.25) is 0 Å². The minimum absolute atomic E-state index is 0.194. The highest BCUT2D eigenvalue weighted by Crippen LogP contribution is 2.25. The van der Waals surface area contributed by atoms with Crippen LogP contribution in [0.2, 0.25) is 0 Å². The van der Waals surface area contributed by atoms with Crippen LogP contribution in [0.25, 0.3) is 0 Å². The summed E-state index contributed by atoms with van der Waals surface area (Å²) in [4.78, 5) is 2.42. The molecule has 2 unspecified atom stereocenters. The van der Waals surface area contributed by atoms with Crippen molar-refractivity contribution < 1.29 is 0 Å². The highest BCUT2D eigenvalue weighted by molar-refractivity contribution is 5.25. The van der Waals surface area contributed by atoms with E-state index in [9.17, 15) is 0 Å². The molecule has 0 aliphatic rings. The number of hydrogen-bond acceptors (Lipinski definition) is 2. The van der Waals surface area contributed by atoms with E-state index in [2.05, 4.69) is 63.9 Å². The molecule has 0 saturated carbocycles. The first kappa shape index (κ1) is 16.2. The van der Waals surface area contributed by atoms with Gasteiger partial charge in [0, 0.05) is 12.1 Å². The molecule has 108 valence electrons. The van der Waals surface area contributed by atoms with Crippen LogP contribution in [0.3, 0.4) is 0 Å². The summed E-state index contributed by atoms with van der Waals surface area (Å²) in [6.07, 6.45) is 2.22. The van der Waals surface area contributed by atoms with Crippen molar-refractivity contribution in [3.05, 3.63) is 35.4 Å². The summed E-state index contributed by atoms with van der Waals surface area (Å²) in [6, 6.07) is 9.33. The Morgan fingerprint density at radius 2 is 1.74 bits per heavy atom. The highest BCUT2D eigenvalue weighted by Gasteiger charge is 2.22. The van der Waals surface area contributed by atoms with E-state index in [4.69, 9.17) is 5.73 Å². The lowest BCUT2D eigenvalue weighted by Gasteiger charge is -2.33. The Morgan fingerprint density at radius 1 is 1.16 bits per heavy atom. The van der Waals surface area contributed by atoms with Crippen LogP contribution in [0.4, 0.5) is 0 Å². The average Bonchev–Trinajstić information content (AvgIpc) is 2.38. The summed E-state index contributed by atoms with van der Waals surface area (Å²) >= 11 is 0. The summed E-state index contributed by atoms with van der Waals surface area (Å²) in [7, 11) is 2.20. The Bertz CT molecular complexity index is 356. The van der Waals surface area contributed by atoms with E-state index in [1.807, 2.05) is 0 Å². The SMILES string of the molecule is CCC(N)C(c1ccc(C)cc1)N(C)CCC(C)C. The van der Waals surface area contributed by atoms with Gasteiger partial charge in [-0.3, -0.25) is 4.90 Å². The van der Waals surface area contributed by atoms with Gasteiger partial charge in [-0.05, 0) is 44.8 Å². The van der Waals surface area contributed by atoms with Gasteiger partial charge in [-0.15, -0.1) is 0 Å². The van der Waals surface area contributed by atoms with Gasteiger partial charge in [0.15, 0.2) is 0 Å². The second kappa shape index (κ2) is 7.66. The molecule has 0 fully saturated rings. The maximum absolute atomic E-state index is 6.35. The molecular formula is C17H30N2. The van der Waals surface area contributed by atoms with Crippen LogP contribution in [0.1, 0.15) is 50.8 Å². The molecule has 0 amide bonds. The smallest absolute Gasteiger partial charge is 0.0496 e. The Labute approximate surface area is 119 Å². The number of nitrogens with two attached hydrogens (primary N) is 1. The van der Waals surface area contributed by atoms with E-state index < -0.39 is 0 Å². The third-order valence-corrected chi connectivity index (χ3v) is 3.83. The fourth-order valence-electron chi connectivity index (χ4n) is 2.42. The molecule has 0 radical (unpaired) electrons. The van der Waals surface area contributed by atoms with E-state index >= 15 is 0 Å². The van der Waals surface area contributed by atoms with Gasteiger partial charge in [0.1, 0.15) is 0 Å². The zero-order valence-electron chi connectivity index (χ0n) is 13.2. The predicted octanol–water partition coefficient (Wildman–Crippen LogP) is 3.75. The van der Waals surface area contributed by atoms with Gasteiger partial charge >= 0.3 is 0 Å². The molecule has 19 heavy (non-hydrogen) atoms. The van der Waals surface area contributed by atoms with Gasteiger partial charge in [-0.25, -0.2) is 0 Å². The van der Waals surface area contributed by atoms with Crippen molar-refractivity contribution in [2.75, 3.05) is 13.6 Å². The second-order valence-corrected chi connectivity index (χ2v) is 6.09. The minimum Gasteiger partial charge on any atom is -0.326 e. The van der Waals surface area contributed by atoms with Crippen molar-refractivity contribution >= 4 is 0 Å². The van der Waals surface area contributed by atoms with Crippen LogP contribution in [0.15, 0.2) is 24.3 Å². The van der Waals surface area contributed by atoms with Crippen LogP contribution >= 0.6 is 0 Å². The van der Waals surface area contributed by atoms with Crippen molar-refractivity contribution in [1.29, 1.82) is 0 Å². The van der Waals surface area contributed by atoms with Crippen molar-refractivity contribution in [3.63, 3.8) is 0 Å². The van der Waals surface area contributed by atoms with Crippen LogP contribution in [0.5, 0.6) is 0 Å². The molecule has 1 rings (SSSR count).